The Morgan fingerprint density at radius 2 is 2.00 bits per heavy atom. The minimum atomic E-state index is -0.844. The third-order valence-electron chi connectivity index (χ3n) is 2.57. The number of hydrogen-bond acceptors (Lipinski definition) is 3. The molecule has 0 saturated carbocycles. The van der Waals surface area contributed by atoms with E-state index in [9.17, 15) is 4.21 Å². The minimum Gasteiger partial charge on any atom is -0.370 e. The zero-order valence-electron chi connectivity index (χ0n) is 10.9. The fourth-order valence-corrected chi connectivity index (χ4v) is 3.21. The van der Waals surface area contributed by atoms with Crippen LogP contribution in [0.2, 0.25) is 0 Å². The second-order valence-corrected chi connectivity index (χ2v) is 8.55. The summed E-state index contributed by atoms with van der Waals surface area (Å²) in [5, 5.41) is 0. The third kappa shape index (κ3) is 5.29. The van der Waals surface area contributed by atoms with Gasteiger partial charge in [-0.3, -0.25) is 9.20 Å². The van der Waals surface area contributed by atoms with E-state index in [0.29, 0.717) is 18.3 Å². The Morgan fingerprint density at radius 1 is 1.41 bits per heavy atom. The van der Waals surface area contributed by atoms with Crippen LogP contribution in [0, 0.1) is 0 Å². The number of guanidine groups is 1. The molecule has 1 saturated heterocycles. The van der Waals surface area contributed by atoms with E-state index in [4.69, 9.17) is 5.73 Å². The highest BCUT2D eigenvalue weighted by Crippen LogP contribution is 2.11. The zero-order valence-corrected chi connectivity index (χ0v) is 12.6. The Labute approximate surface area is 111 Å². The maximum absolute atomic E-state index is 11.8. The van der Waals surface area contributed by atoms with E-state index >= 15 is 0 Å². The number of nitrogens with zero attached hydrogens (tertiary/aromatic N) is 2. The number of nitrogens with two attached hydrogens (primary N) is 1. The van der Waals surface area contributed by atoms with Crippen LogP contribution < -0.4 is 5.73 Å². The van der Waals surface area contributed by atoms with Gasteiger partial charge in [0, 0.05) is 45.9 Å². The van der Waals surface area contributed by atoms with E-state index in [-0.39, 0.29) is 4.75 Å². The van der Waals surface area contributed by atoms with Gasteiger partial charge in [-0.1, -0.05) is 0 Å². The molecule has 1 fully saturated rings. The van der Waals surface area contributed by atoms with E-state index in [1.165, 1.54) is 0 Å². The van der Waals surface area contributed by atoms with Gasteiger partial charge in [-0.2, -0.15) is 11.8 Å². The second-order valence-electron chi connectivity index (χ2n) is 5.00. The summed E-state index contributed by atoms with van der Waals surface area (Å²) in [6.07, 6.45) is 0. The molecular formula is C11H23N3OS2. The van der Waals surface area contributed by atoms with Crippen molar-refractivity contribution in [3.63, 3.8) is 0 Å². The smallest absolute Gasteiger partial charge is 0.191 e. The zero-order chi connectivity index (χ0) is 12.9. The van der Waals surface area contributed by atoms with Crippen molar-refractivity contribution in [1.29, 1.82) is 0 Å². The van der Waals surface area contributed by atoms with Gasteiger partial charge >= 0.3 is 0 Å². The van der Waals surface area contributed by atoms with Gasteiger partial charge in [0.1, 0.15) is 0 Å². The maximum Gasteiger partial charge on any atom is 0.191 e. The molecule has 0 bridgehead atoms. The van der Waals surface area contributed by atoms with E-state index < -0.39 is 10.8 Å². The molecule has 0 aromatic rings. The summed E-state index contributed by atoms with van der Waals surface area (Å²) in [4.78, 5) is 6.43. The predicted octanol–water partition coefficient (Wildman–Crippen LogP) is 0.897. The first-order valence-electron chi connectivity index (χ1n) is 5.92. The largest absolute Gasteiger partial charge is 0.370 e. The molecule has 1 atom stereocenters. The molecule has 1 aliphatic heterocycles. The lowest BCUT2D eigenvalue weighted by Crippen LogP contribution is -2.42. The van der Waals surface area contributed by atoms with Crippen molar-refractivity contribution < 1.29 is 4.21 Å². The lowest BCUT2D eigenvalue weighted by molar-refractivity contribution is 0.456. The topological polar surface area (TPSA) is 58.7 Å². The number of hydrogen-bond donors (Lipinski definition) is 1. The van der Waals surface area contributed by atoms with Crippen LogP contribution in [-0.2, 0) is 10.8 Å². The van der Waals surface area contributed by atoms with Crippen molar-refractivity contribution in [2.75, 3.05) is 36.9 Å². The van der Waals surface area contributed by atoms with Gasteiger partial charge in [0.2, 0.25) is 0 Å². The molecule has 1 rings (SSSR count). The highest BCUT2D eigenvalue weighted by Gasteiger charge is 2.18. The Morgan fingerprint density at radius 3 is 2.53 bits per heavy atom. The summed E-state index contributed by atoms with van der Waals surface area (Å²) >= 11 is 1.95. The average Bonchev–Trinajstić information content (AvgIpc) is 2.28. The van der Waals surface area contributed by atoms with Gasteiger partial charge in [-0.15, -0.1) is 0 Å². The summed E-state index contributed by atoms with van der Waals surface area (Å²) in [5.74, 6) is 3.43. The summed E-state index contributed by atoms with van der Waals surface area (Å²) in [6.45, 7) is 8.46. The molecule has 0 radical (unpaired) electrons. The fraction of sp³-hybridized carbons (Fsp3) is 0.909. The predicted molar refractivity (Wildman–Crippen MR) is 78.1 cm³/mol. The Hall–Kier alpha value is -0.230. The SMILES string of the molecule is CC(C)(C)S(=O)CCN=C(N)N1CCSCC1. The molecule has 2 N–H and O–H groups in total. The first-order chi connectivity index (χ1) is 7.91. The maximum atomic E-state index is 11.8. The van der Waals surface area contributed by atoms with Gasteiger partial charge in [-0.25, -0.2) is 0 Å². The minimum absolute atomic E-state index is 0.161. The highest BCUT2D eigenvalue weighted by molar-refractivity contribution is 7.99. The number of aliphatic imine (C=N–C) groups is 1. The van der Waals surface area contributed by atoms with Crippen LogP contribution in [0.3, 0.4) is 0 Å². The van der Waals surface area contributed by atoms with E-state index in [1.807, 2.05) is 32.5 Å². The standard InChI is InChI=1S/C11H23N3OS2/c1-11(2,3)17(15)9-4-13-10(12)14-5-7-16-8-6-14/h4-9H2,1-3H3,(H2,12,13). The first-order valence-corrected chi connectivity index (χ1v) is 8.40. The molecular weight excluding hydrogens is 254 g/mol. The Balaban J connectivity index is 2.35. The molecule has 100 valence electrons. The Kier molecular flexibility index (Phi) is 5.79. The van der Waals surface area contributed by atoms with Crippen molar-refractivity contribution >= 4 is 28.5 Å². The molecule has 0 aliphatic carbocycles. The Bertz CT molecular complexity index is 294. The van der Waals surface area contributed by atoms with Crippen molar-refractivity contribution in [2.45, 2.75) is 25.5 Å². The summed E-state index contributed by atoms with van der Waals surface area (Å²) in [5.41, 5.74) is 5.91. The van der Waals surface area contributed by atoms with Gasteiger partial charge in [0.15, 0.2) is 5.96 Å². The lowest BCUT2D eigenvalue weighted by Gasteiger charge is -2.27. The molecule has 0 aromatic carbocycles. The van der Waals surface area contributed by atoms with Crippen LogP contribution in [0.4, 0.5) is 0 Å². The van der Waals surface area contributed by atoms with Crippen LogP contribution in [0.15, 0.2) is 4.99 Å². The van der Waals surface area contributed by atoms with Crippen molar-refractivity contribution in [1.82, 2.24) is 4.90 Å². The molecule has 0 amide bonds. The molecule has 0 spiro atoms. The van der Waals surface area contributed by atoms with Crippen LogP contribution in [0.1, 0.15) is 20.8 Å². The van der Waals surface area contributed by atoms with Gasteiger partial charge in [0.05, 0.1) is 6.54 Å². The van der Waals surface area contributed by atoms with Gasteiger partial charge in [0.25, 0.3) is 0 Å². The molecule has 4 nitrogen and oxygen atoms in total. The van der Waals surface area contributed by atoms with Gasteiger partial charge in [-0.05, 0) is 20.8 Å². The molecule has 1 heterocycles. The number of rotatable bonds is 3. The fourth-order valence-electron chi connectivity index (χ4n) is 1.44. The highest BCUT2D eigenvalue weighted by atomic mass is 32.2. The van der Waals surface area contributed by atoms with Crippen molar-refractivity contribution in [2.24, 2.45) is 10.7 Å². The monoisotopic (exact) mass is 277 g/mol. The quantitative estimate of drug-likeness (QED) is 0.615. The van der Waals surface area contributed by atoms with E-state index in [1.54, 1.807) is 0 Å². The third-order valence-corrected chi connectivity index (χ3v) is 5.43. The summed E-state index contributed by atoms with van der Waals surface area (Å²) in [6, 6.07) is 0. The summed E-state index contributed by atoms with van der Waals surface area (Å²) < 4.78 is 11.6. The molecule has 6 heteroatoms. The molecule has 0 aromatic heterocycles. The lowest BCUT2D eigenvalue weighted by atomic mass is 10.3. The average molecular weight is 277 g/mol. The van der Waals surface area contributed by atoms with Gasteiger partial charge < -0.3 is 10.6 Å². The summed E-state index contributed by atoms with van der Waals surface area (Å²) in [7, 11) is -0.844. The van der Waals surface area contributed by atoms with Crippen LogP contribution >= 0.6 is 11.8 Å². The first kappa shape index (κ1) is 14.8. The van der Waals surface area contributed by atoms with Crippen molar-refractivity contribution in [3.05, 3.63) is 0 Å². The number of thioether (sulfide) groups is 1. The molecule has 1 unspecified atom stereocenters. The van der Waals surface area contributed by atoms with Crippen molar-refractivity contribution in [3.8, 4) is 0 Å². The second kappa shape index (κ2) is 6.64. The van der Waals surface area contributed by atoms with Crippen LogP contribution in [0.25, 0.3) is 0 Å². The van der Waals surface area contributed by atoms with Crippen LogP contribution in [0.5, 0.6) is 0 Å². The van der Waals surface area contributed by atoms with Crippen LogP contribution in [-0.4, -0.2) is 56.7 Å². The molecule has 1 aliphatic rings. The molecule has 17 heavy (non-hydrogen) atoms. The normalized spacial score (nSPS) is 20.4. The van der Waals surface area contributed by atoms with E-state index in [2.05, 4.69) is 9.89 Å². The van der Waals surface area contributed by atoms with E-state index in [0.717, 1.165) is 24.6 Å².